The van der Waals surface area contributed by atoms with Gasteiger partial charge in [-0.2, -0.15) is 0 Å². The first kappa shape index (κ1) is 17.5. The van der Waals surface area contributed by atoms with Crippen molar-refractivity contribution in [1.29, 1.82) is 0 Å². The Morgan fingerprint density at radius 2 is 2.04 bits per heavy atom. The predicted octanol–water partition coefficient (Wildman–Crippen LogP) is 3.00. The van der Waals surface area contributed by atoms with Gasteiger partial charge in [-0.3, -0.25) is 14.6 Å². The Labute approximate surface area is 155 Å². The topological polar surface area (TPSA) is 53.5 Å². The predicted molar refractivity (Wildman–Crippen MR) is 99.1 cm³/mol. The van der Waals surface area contributed by atoms with E-state index < -0.39 is 0 Å². The lowest BCUT2D eigenvalue weighted by atomic mass is 9.78. The summed E-state index contributed by atoms with van der Waals surface area (Å²) >= 11 is 0. The minimum absolute atomic E-state index is 0.240. The highest BCUT2D eigenvalue weighted by Gasteiger charge is 2.49. The third-order valence-corrected chi connectivity index (χ3v) is 6.57. The quantitative estimate of drug-likeness (QED) is 0.834. The van der Waals surface area contributed by atoms with Crippen LogP contribution in [-0.4, -0.2) is 46.2 Å². The van der Waals surface area contributed by atoms with E-state index in [2.05, 4.69) is 4.98 Å². The molecule has 0 N–H and O–H groups in total. The van der Waals surface area contributed by atoms with Crippen LogP contribution < -0.4 is 0 Å². The molecule has 1 aliphatic carbocycles. The number of piperidine rings is 1. The van der Waals surface area contributed by atoms with Crippen molar-refractivity contribution in [2.45, 2.75) is 57.9 Å². The summed E-state index contributed by atoms with van der Waals surface area (Å²) in [5, 5.41) is 0. The Morgan fingerprint density at radius 3 is 2.81 bits per heavy atom. The number of carbonyl (C=O) groups is 2. The minimum atomic E-state index is -0.341. The van der Waals surface area contributed by atoms with Crippen LogP contribution in [-0.2, 0) is 16.1 Å². The van der Waals surface area contributed by atoms with Gasteiger partial charge in [-0.15, -0.1) is 0 Å². The first-order valence-corrected chi connectivity index (χ1v) is 10.1. The molecule has 3 fully saturated rings. The van der Waals surface area contributed by atoms with Crippen LogP contribution in [0, 0.1) is 11.3 Å². The zero-order valence-corrected chi connectivity index (χ0v) is 15.5. The Morgan fingerprint density at radius 1 is 1.19 bits per heavy atom. The summed E-state index contributed by atoms with van der Waals surface area (Å²) < 4.78 is 0. The number of hydrogen-bond acceptors (Lipinski definition) is 3. The summed E-state index contributed by atoms with van der Waals surface area (Å²) in [6.07, 6.45) is 12.0. The molecule has 2 amide bonds. The maximum atomic E-state index is 13.2. The van der Waals surface area contributed by atoms with Gasteiger partial charge in [0.25, 0.3) is 0 Å². The molecule has 1 aromatic rings. The molecule has 1 unspecified atom stereocenters. The minimum Gasteiger partial charge on any atom is -0.342 e. The second kappa shape index (κ2) is 7.37. The average Bonchev–Trinajstić information content (AvgIpc) is 3.31. The molecule has 26 heavy (non-hydrogen) atoms. The molecule has 1 spiro atoms. The summed E-state index contributed by atoms with van der Waals surface area (Å²) in [6.45, 7) is 2.81. The molecule has 3 aliphatic rings. The molecule has 1 saturated carbocycles. The highest BCUT2D eigenvalue weighted by Crippen LogP contribution is 2.41. The number of aromatic nitrogens is 1. The Kier molecular flexibility index (Phi) is 4.96. The standard InChI is InChI=1S/C21H29N3O2/c25-19(13-17-5-1-2-6-17)24-12-9-21(16-24)8-4-11-23(20(21)26)15-18-7-3-10-22-14-18/h3,7,10,14,17H,1-2,4-6,8-9,11-13,15-16H2. The Hall–Kier alpha value is -1.91. The number of pyridine rings is 1. The van der Waals surface area contributed by atoms with Gasteiger partial charge < -0.3 is 9.80 Å². The van der Waals surface area contributed by atoms with E-state index in [1.165, 1.54) is 25.7 Å². The zero-order valence-electron chi connectivity index (χ0n) is 15.5. The van der Waals surface area contributed by atoms with Crippen LogP contribution >= 0.6 is 0 Å². The molecule has 3 heterocycles. The molecule has 1 aromatic heterocycles. The lowest BCUT2D eigenvalue weighted by molar-refractivity contribution is -0.146. The number of carbonyl (C=O) groups excluding carboxylic acids is 2. The van der Waals surface area contributed by atoms with Crippen LogP contribution in [0.25, 0.3) is 0 Å². The van der Waals surface area contributed by atoms with E-state index >= 15 is 0 Å². The zero-order chi connectivity index (χ0) is 18.0. The maximum absolute atomic E-state index is 13.2. The lowest BCUT2D eigenvalue weighted by Gasteiger charge is -2.39. The van der Waals surface area contributed by atoms with Crippen LogP contribution in [0.1, 0.15) is 56.9 Å². The van der Waals surface area contributed by atoms with Crippen molar-refractivity contribution in [3.8, 4) is 0 Å². The van der Waals surface area contributed by atoms with Crippen LogP contribution in [0.15, 0.2) is 24.5 Å². The number of hydrogen-bond donors (Lipinski definition) is 0. The molecule has 0 aromatic carbocycles. The van der Waals surface area contributed by atoms with E-state index in [9.17, 15) is 9.59 Å². The first-order valence-electron chi connectivity index (χ1n) is 10.1. The van der Waals surface area contributed by atoms with Crippen LogP contribution in [0.2, 0.25) is 0 Å². The summed E-state index contributed by atoms with van der Waals surface area (Å²) in [7, 11) is 0. The fraction of sp³-hybridized carbons (Fsp3) is 0.667. The largest absolute Gasteiger partial charge is 0.342 e. The molecule has 4 rings (SSSR count). The normalized spacial score (nSPS) is 26.8. The van der Waals surface area contributed by atoms with E-state index in [1.807, 2.05) is 28.1 Å². The molecular weight excluding hydrogens is 326 g/mol. The second-order valence-corrected chi connectivity index (χ2v) is 8.39. The van der Waals surface area contributed by atoms with Gasteiger partial charge in [0.05, 0.1) is 5.41 Å². The summed E-state index contributed by atoms with van der Waals surface area (Å²) in [5.74, 6) is 1.08. The molecule has 1 atom stereocenters. The summed E-state index contributed by atoms with van der Waals surface area (Å²) in [5.41, 5.74) is 0.733. The van der Waals surface area contributed by atoms with Crippen molar-refractivity contribution >= 4 is 11.8 Å². The van der Waals surface area contributed by atoms with Crippen LogP contribution in [0.3, 0.4) is 0 Å². The summed E-state index contributed by atoms with van der Waals surface area (Å²) in [6, 6.07) is 3.94. The molecule has 5 nitrogen and oxygen atoms in total. The van der Waals surface area contributed by atoms with Crippen molar-refractivity contribution in [3.63, 3.8) is 0 Å². The van der Waals surface area contributed by atoms with E-state index in [0.29, 0.717) is 25.4 Å². The van der Waals surface area contributed by atoms with E-state index in [4.69, 9.17) is 0 Å². The van der Waals surface area contributed by atoms with Gasteiger partial charge in [-0.05, 0) is 49.7 Å². The van der Waals surface area contributed by atoms with Crippen molar-refractivity contribution in [2.75, 3.05) is 19.6 Å². The van der Waals surface area contributed by atoms with E-state index in [1.54, 1.807) is 6.20 Å². The molecule has 2 aliphatic heterocycles. The number of rotatable bonds is 4. The Balaban J connectivity index is 1.39. The van der Waals surface area contributed by atoms with Gasteiger partial charge >= 0.3 is 0 Å². The monoisotopic (exact) mass is 355 g/mol. The number of likely N-dealkylation sites (tertiary alicyclic amines) is 2. The Bertz CT molecular complexity index is 656. The third-order valence-electron chi connectivity index (χ3n) is 6.57. The maximum Gasteiger partial charge on any atom is 0.230 e. The first-order chi connectivity index (χ1) is 12.7. The molecule has 5 heteroatoms. The van der Waals surface area contributed by atoms with Gasteiger partial charge in [0.1, 0.15) is 0 Å². The average molecular weight is 355 g/mol. The summed E-state index contributed by atoms with van der Waals surface area (Å²) in [4.78, 5) is 34.0. The van der Waals surface area contributed by atoms with Crippen molar-refractivity contribution in [2.24, 2.45) is 11.3 Å². The third kappa shape index (κ3) is 3.49. The molecule has 0 bridgehead atoms. The van der Waals surface area contributed by atoms with E-state index in [0.717, 1.165) is 37.9 Å². The highest BCUT2D eigenvalue weighted by atomic mass is 16.2. The SMILES string of the molecule is O=C(CC1CCCC1)N1CCC2(CCCN(Cc3cccnc3)C2=O)C1. The van der Waals surface area contributed by atoms with Gasteiger partial charge in [0.2, 0.25) is 11.8 Å². The molecule has 140 valence electrons. The van der Waals surface area contributed by atoms with Gasteiger partial charge in [0.15, 0.2) is 0 Å². The smallest absolute Gasteiger partial charge is 0.230 e. The molecule has 0 radical (unpaired) electrons. The van der Waals surface area contributed by atoms with Crippen LogP contribution in [0.4, 0.5) is 0 Å². The van der Waals surface area contributed by atoms with Crippen molar-refractivity contribution in [1.82, 2.24) is 14.8 Å². The molecular formula is C21H29N3O2. The van der Waals surface area contributed by atoms with Crippen LogP contribution in [0.5, 0.6) is 0 Å². The highest BCUT2D eigenvalue weighted by molar-refractivity contribution is 5.86. The van der Waals surface area contributed by atoms with Gasteiger partial charge in [0, 0.05) is 45.0 Å². The van der Waals surface area contributed by atoms with E-state index in [-0.39, 0.29) is 17.2 Å². The van der Waals surface area contributed by atoms with Gasteiger partial charge in [-0.1, -0.05) is 18.9 Å². The number of amides is 2. The molecule has 2 saturated heterocycles. The second-order valence-electron chi connectivity index (χ2n) is 8.39. The van der Waals surface area contributed by atoms with Gasteiger partial charge in [-0.25, -0.2) is 0 Å². The van der Waals surface area contributed by atoms with Crippen molar-refractivity contribution < 1.29 is 9.59 Å². The van der Waals surface area contributed by atoms with Crippen molar-refractivity contribution in [3.05, 3.63) is 30.1 Å². The number of nitrogens with zero attached hydrogens (tertiary/aromatic N) is 3. The lowest BCUT2D eigenvalue weighted by Crippen LogP contribution is -2.50. The fourth-order valence-corrected chi connectivity index (χ4v) is 5.07. The fourth-order valence-electron chi connectivity index (χ4n) is 5.07.